The number of imidazole rings is 1. The van der Waals surface area contributed by atoms with Crippen LogP contribution in [-0.4, -0.2) is 37.9 Å². The summed E-state index contributed by atoms with van der Waals surface area (Å²) in [7, 11) is 6.53. The van der Waals surface area contributed by atoms with Crippen molar-refractivity contribution < 1.29 is 27.4 Å². The Labute approximate surface area is 258 Å². The molecule has 4 aromatic carbocycles. The van der Waals surface area contributed by atoms with Crippen LogP contribution in [0.4, 0.5) is 24.7 Å². The van der Waals surface area contributed by atoms with Crippen LogP contribution in [0.15, 0.2) is 90.2 Å². The van der Waals surface area contributed by atoms with Crippen LogP contribution in [0.5, 0.6) is 17.2 Å². The van der Waals surface area contributed by atoms with Gasteiger partial charge in [0.05, 0.1) is 27.5 Å². The van der Waals surface area contributed by atoms with Gasteiger partial charge in [-0.05, 0) is 72.8 Å². The zero-order valence-electron chi connectivity index (χ0n) is 24.4. The fourth-order valence-electron chi connectivity index (χ4n) is 4.43. The number of nitrogens with zero attached hydrogens (tertiary/aromatic N) is 3. The molecule has 1 aromatic heterocycles. The Morgan fingerprint density at radius 3 is 2.07 bits per heavy atom. The first-order valence-electron chi connectivity index (χ1n) is 13.4. The van der Waals surface area contributed by atoms with Crippen molar-refractivity contribution >= 4 is 23.3 Å². The average molecular weight is 616 g/mol. The molecule has 0 unspecified atom stereocenters. The molecule has 224 valence electrons. The molecule has 0 saturated heterocycles. The lowest BCUT2D eigenvalue weighted by Crippen LogP contribution is -2.14. The quantitative estimate of drug-likeness (QED) is 0.125. The summed E-state index contributed by atoms with van der Waals surface area (Å²) in [6.07, 6.45) is 1.65. The molecular weight excluding hydrogens is 587 g/mol. The first kappa shape index (κ1) is 30.4. The summed E-state index contributed by atoms with van der Waals surface area (Å²) in [5.74, 6) is 6.32. The summed E-state index contributed by atoms with van der Waals surface area (Å²) < 4.78 is 61.9. The Balaban J connectivity index is 1.43. The highest BCUT2D eigenvalue weighted by Gasteiger charge is 2.20. The van der Waals surface area contributed by atoms with E-state index in [0.29, 0.717) is 39.5 Å². The van der Waals surface area contributed by atoms with E-state index in [2.05, 4.69) is 16.8 Å². The number of ether oxygens (including phenoxy) is 3. The van der Waals surface area contributed by atoms with Crippen LogP contribution in [0.25, 0.3) is 5.69 Å². The molecular formula is C34H28F3N3O3S. The van der Waals surface area contributed by atoms with E-state index in [0.717, 1.165) is 17.4 Å². The van der Waals surface area contributed by atoms with Gasteiger partial charge in [0.25, 0.3) is 0 Å². The van der Waals surface area contributed by atoms with E-state index in [1.54, 1.807) is 74.6 Å². The largest absolute Gasteiger partial charge is 0.497 e. The number of thioether (sulfide) groups is 1. The maximum Gasteiger partial charge on any atom is 0.174 e. The molecule has 6 nitrogen and oxygen atoms in total. The minimum Gasteiger partial charge on any atom is -0.497 e. The molecule has 1 heterocycles. The molecule has 5 aromatic rings. The van der Waals surface area contributed by atoms with Gasteiger partial charge in [-0.3, -0.25) is 4.57 Å². The van der Waals surface area contributed by atoms with Gasteiger partial charge in [-0.25, -0.2) is 18.2 Å². The van der Waals surface area contributed by atoms with Crippen LogP contribution in [0.3, 0.4) is 0 Å². The van der Waals surface area contributed by atoms with Crippen molar-refractivity contribution in [2.75, 3.05) is 33.3 Å². The third kappa shape index (κ3) is 6.63. The lowest BCUT2D eigenvalue weighted by molar-refractivity contribution is 0.355. The van der Waals surface area contributed by atoms with Gasteiger partial charge >= 0.3 is 0 Å². The Morgan fingerprint density at radius 1 is 0.773 bits per heavy atom. The predicted molar refractivity (Wildman–Crippen MR) is 166 cm³/mol. The lowest BCUT2D eigenvalue weighted by atomic mass is 10.1. The number of methoxy groups -OCH3 is 3. The van der Waals surface area contributed by atoms with Crippen LogP contribution in [-0.2, 0) is 5.75 Å². The highest BCUT2D eigenvalue weighted by atomic mass is 32.2. The standard InChI is InChI=1S/C34H28F3N3O3S/c1-39(26-13-16-31(42-3)32(19-26)43-4)33-20-38-34(40(33)25-11-9-24(35)10-12-25)44-21-28-29(36)17-23(18-30(28)37)6-5-22-7-14-27(41-2)15-8-22/h7-20H,21H2,1-4H3. The Bertz CT molecular complexity index is 1810. The molecule has 44 heavy (non-hydrogen) atoms. The van der Waals surface area contributed by atoms with Crippen molar-refractivity contribution in [2.24, 2.45) is 0 Å². The van der Waals surface area contributed by atoms with Gasteiger partial charge in [0.1, 0.15) is 29.0 Å². The van der Waals surface area contributed by atoms with Gasteiger partial charge in [0.2, 0.25) is 0 Å². The number of aromatic nitrogens is 2. The third-order valence-corrected chi connectivity index (χ3v) is 7.80. The van der Waals surface area contributed by atoms with Crippen LogP contribution < -0.4 is 19.1 Å². The van der Waals surface area contributed by atoms with Gasteiger partial charge in [0.15, 0.2) is 16.7 Å². The molecule has 0 spiro atoms. The molecule has 5 rings (SSSR count). The summed E-state index contributed by atoms with van der Waals surface area (Å²) >= 11 is 1.15. The van der Waals surface area contributed by atoms with E-state index in [-0.39, 0.29) is 16.9 Å². The van der Waals surface area contributed by atoms with Crippen LogP contribution in [0.2, 0.25) is 0 Å². The van der Waals surface area contributed by atoms with E-state index in [1.165, 1.54) is 24.3 Å². The molecule has 0 saturated carbocycles. The number of anilines is 2. The van der Waals surface area contributed by atoms with Crippen LogP contribution in [0.1, 0.15) is 16.7 Å². The normalized spacial score (nSPS) is 10.6. The van der Waals surface area contributed by atoms with E-state index in [9.17, 15) is 4.39 Å². The van der Waals surface area contributed by atoms with Crippen molar-refractivity contribution in [3.05, 3.63) is 119 Å². The second-order valence-electron chi connectivity index (χ2n) is 9.49. The molecule has 0 aliphatic rings. The molecule has 0 aliphatic heterocycles. The minimum absolute atomic E-state index is 0.0401. The third-order valence-electron chi connectivity index (χ3n) is 6.82. The number of halogens is 3. The van der Waals surface area contributed by atoms with Crippen molar-refractivity contribution in [1.29, 1.82) is 0 Å². The van der Waals surface area contributed by atoms with Gasteiger partial charge in [-0.1, -0.05) is 23.6 Å². The lowest BCUT2D eigenvalue weighted by Gasteiger charge is -2.23. The zero-order valence-corrected chi connectivity index (χ0v) is 25.2. The van der Waals surface area contributed by atoms with Gasteiger partial charge in [-0.2, -0.15) is 0 Å². The predicted octanol–water partition coefficient (Wildman–Crippen LogP) is 7.78. The molecule has 0 aliphatic carbocycles. The monoisotopic (exact) mass is 615 g/mol. The molecule has 10 heteroatoms. The van der Waals surface area contributed by atoms with Crippen molar-refractivity contribution in [3.63, 3.8) is 0 Å². The Morgan fingerprint density at radius 2 is 1.43 bits per heavy atom. The van der Waals surface area contributed by atoms with Crippen molar-refractivity contribution in [3.8, 4) is 34.8 Å². The van der Waals surface area contributed by atoms with Crippen LogP contribution in [0, 0.1) is 29.3 Å². The molecule has 0 bridgehead atoms. The first-order chi connectivity index (χ1) is 21.3. The van der Waals surface area contributed by atoms with Gasteiger partial charge in [0, 0.05) is 46.9 Å². The Hall–Kier alpha value is -5.01. The minimum atomic E-state index is -0.709. The molecule has 0 atom stereocenters. The maximum atomic E-state index is 15.2. The summed E-state index contributed by atoms with van der Waals surface area (Å²) in [6, 6.07) is 20.9. The zero-order chi connectivity index (χ0) is 31.2. The topological polar surface area (TPSA) is 48.8 Å². The molecule has 0 fully saturated rings. The first-order valence-corrected chi connectivity index (χ1v) is 14.4. The van der Waals surface area contributed by atoms with E-state index in [1.807, 2.05) is 24.1 Å². The highest BCUT2D eigenvalue weighted by Crippen LogP contribution is 2.37. The number of hydrogen-bond donors (Lipinski definition) is 0. The fraction of sp³-hybridized carbons (Fsp3) is 0.147. The summed E-state index contributed by atoms with van der Waals surface area (Å²) in [5, 5.41) is 0.459. The highest BCUT2D eigenvalue weighted by molar-refractivity contribution is 7.98. The maximum absolute atomic E-state index is 15.2. The van der Waals surface area contributed by atoms with E-state index in [4.69, 9.17) is 14.2 Å². The summed E-state index contributed by atoms with van der Waals surface area (Å²) in [4.78, 5) is 6.44. The SMILES string of the molecule is COc1ccc(C#Cc2cc(F)c(CSc3ncc(N(C)c4ccc(OC)c(OC)c4)n3-c3ccc(F)cc3)c(F)c2)cc1. The second-order valence-corrected chi connectivity index (χ2v) is 10.4. The van der Waals surface area contributed by atoms with E-state index >= 15 is 8.78 Å². The van der Waals surface area contributed by atoms with E-state index < -0.39 is 17.5 Å². The average Bonchev–Trinajstić information content (AvgIpc) is 3.47. The smallest absolute Gasteiger partial charge is 0.174 e. The summed E-state index contributed by atoms with van der Waals surface area (Å²) in [6.45, 7) is 0. The molecule has 0 N–H and O–H groups in total. The molecule has 0 amide bonds. The van der Waals surface area contributed by atoms with Gasteiger partial charge < -0.3 is 19.1 Å². The van der Waals surface area contributed by atoms with Crippen molar-refractivity contribution in [1.82, 2.24) is 9.55 Å². The van der Waals surface area contributed by atoms with Crippen LogP contribution >= 0.6 is 11.8 Å². The van der Waals surface area contributed by atoms with Crippen molar-refractivity contribution in [2.45, 2.75) is 10.9 Å². The number of hydrogen-bond acceptors (Lipinski definition) is 6. The Kier molecular flexibility index (Phi) is 9.36. The molecule has 0 radical (unpaired) electrons. The summed E-state index contributed by atoms with van der Waals surface area (Å²) in [5.41, 5.74) is 2.20. The fourth-order valence-corrected chi connectivity index (χ4v) is 5.44. The second kappa shape index (κ2) is 13.5. The number of benzene rings is 4. The van der Waals surface area contributed by atoms with Gasteiger partial charge in [-0.15, -0.1) is 0 Å². The number of rotatable bonds is 9.